The van der Waals surface area contributed by atoms with Gasteiger partial charge in [0.1, 0.15) is 11.4 Å². The molecule has 3 aliphatic rings. The van der Waals surface area contributed by atoms with E-state index in [9.17, 15) is 14.4 Å². The van der Waals surface area contributed by atoms with Crippen molar-refractivity contribution in [1.82, 2.24) is 29.9 Å². The van der Waals surface area contributed by atoms with E-state index < -0.39 is 5.54 Å². The standard InChI is InChI=1S/C18H26N6O3/c1-22(12-14-21-20-13-6-4-10-23(13)14)15(25)7-5-11-24-16(26)18(19-17(24)27)8-2-3-9-18/h2-12H2,1H3,(H,19,27). The zero-order chi connectivity index (χ0) is 19.0. The molecule has 1 saturated heterocycles. The zero-order valence-corrected chi connectivity index (χ0v) is 15.7. The van der Waals surface area contributed by atoms with Gasteiger partial charge < -0.3 is 14.8 Å². The highest BCUT2D eigenvalue weighted by Gasteiger charge is 2.52. The predicted molar refractivity (Wildman–Crippen MR) is 95.5 cm³/mol. The van der Waals surface area contributed by atoms with Crippen molar-refractivity contribution in [3.05, 3.63) is 11.6 Å². The average Bonchev–Trinajstić information content (AvgIpc) is 3.39. The molecule has 1 N–H and O–H groups in total. The summed E-state index contributed by atoms with van der Waals surface area (Å²) in [7, 11) is 1.75. The molecule has 4 rings (SSSR count). The number of carbonyl (C=O) groups is 3. The van der Waals surface area contributed by atoms with Gasteiger partial charge in [-0.15, -0.1) is 10.2 Å². The second kappa shape index (κ2) is 6.94. The molecule has 1 aromatic heterocycles. The Labute approximate surface area is 158 Å². The van der Waals surface area contributed by atoms with Crippen LogP contribution >= 0.6 is 0 Å². The molecule has 1 saturated carbocycles. The number of hydrogen-bond acceptors (Lipinski definition) is 5. The molecular weight excluding hydrogens is 348 g/mol. The molecule has 2 fully saturated rings. The van der Waals surface area contributed by atoms with Crippen LogP contribution in [-0.4, -0.2) is 61.5 Å². The Bertz CT molecular complexity index is 767. The molecule has 1 aliphatic carbocycles. The summed E-state index contributed by atoms with van der Waals surface area (Å²) in [6.45, 7) is 1.62. The molecule has 3 heterocycles. The molecule has 9 heteroatoms. The summed E-state index contributed by atoms with van der Waals surface area (Å²) in [5, 5.41) is 11.2. The van der Waals surface area contributed by atoms with Crippen molar-refractivity contribution in [2.75, 3.05) is 13.6 Å². The van der Waals surface area contributed by atoms with E-state index in [1.165, 1.54) is 4.90 Å². The Balaban J connectivity index is 1.27. The molecule has 2 aliphatic heterocycles. The third-order valence-corrected chi connectivity index (χ3v) is 5.97. The van der Waals surface area contributed by atoms with Gasteiger partial charge >= 0.3 is 6.03 Å². The maximum atomic E-state index is 12.6. The monoisotopic (exact) mass is 374 g/mol. The maximum absolute atomic E-state index is 12.6. The molecule has 27 heavy (non-hydrogen) atoms. The third-order valence-electron chi connectivity index (χ3n) is 5.97. The number of nitrogens with one attached hydrogen (secondary N) is 1. The van der Waals surface area contributed by atoms with Crippen molar-refractivity contribution < 1.29 is 14.4 Å². The Hall–Kier alpha value is -2.45. The lowest BCUT2D eigenvalue weighted by Crippen LogP contribution is -2.44. The molecule has 0 bridgehead atoms. The van der Waals surface area contributed by atoms with Crippen molar-refractivity contribution in [1.29, 1.82) is 0 Å². The number of hydrogen-bond donors (Lipinski definition) is 1. The van der Waals surface area contributed by atoms with Crippen LogP contribution < -0.4 is 5.32 Å². The van der Waals surface area contributed by atoms with E-state index in [2.05, 4.69) is 20.1 Å². The normalized spacial score (nSPS) is 20.4. The van der Waals surface area contributed by atoms with Gasteiger partial charge in [-0.2, -0.15) is 0 Å². The third kappa shape index (κ3) is 3.19. The molecular formula is C18H26N6O3. The lowest BCUT2D eigenvalue weighted by Gasteiger charge is -2.20. The Morgan fingerprint density at radius 2 is 2.00 bits per heavy atom. The van der Waals surface area contributed by atoms with E-state index >= 15 is 0 Å². The summed E-state index contributed by atoms with van der Waals surface area (Å²) in [6.07, 6.45) is 6.15. The molecule has 146 valence electrons. The van der Waals surface area contributed by atoms with Crippen LogP contribution in [0.2, 0.25) is 0 Å². The molecule has 1 aromatic rings. The number of carbonyl (C=O) groups excluding carboxylic acids is 3. The van der Waals surface area contributed by atoms with Gasteiger partial charge in [-0.1, -0.05) is 12.8 Å². The first kappa shape index (κ1) is 17.9. The SMILES string of the molecule is CN(Cc1nnc2n1CCC2)C(=O)CCCN1C(=O)NC2(CCCC2)C1=O. The fourth-order valence-electron chi connectivity index (χ4n) is 4.40. The van der Waals surface area contributed by atoms with Crippen LogP contribution in [0.3, 0.4) is 0 Å². The average molecular weight is 374 g/mol. The van der Waals surface area contributed by atoms with Gasteiger partial charge in [-0.3, -0.25) is 14.5 Å². The summed E-state index contributed by atoms with van der Waals surface area (Å²) in [4.78, 5) is 40.1. The first-order valence-corrected chi connectivity index (χ1v) is 9.79. The summed E-state index contributed by atoms with van der Waals surface area (Å²) in [5.41, 5.74) is -0.675. The lowest BCUT2D eigenvalue weighted by atomic mass is 9.98. The number of fused-ring (bicyclic) bond motifs is 1. The number of rotatable bonds is 6. The van der Waals surface area contributed by atoms with E-state index in [1.54, 1.807) is 11.9 Å². The van der Waals surface area contributed by atoms with Gasteiger partial charge in [0.15, 0.2) is 5.82 Å². The second-order valence-electron chi connectivity index (χ2n) is 7.82. The van der Waals surface area contributed by atoms with Crippen LogP contribution in [0.1, 0.15) is 56.6 Å². The van der Waals surface area contributed by atoms with E-state index in [-0.39, 0.29) is 24.4 Å². The minimum atomic E-state index is -0.675. The molecule has 4 amide bonds. The number of nitrogens with zero attached hydrogens (tertiary/aromatic N) is 5. The number of urea groups is 1. The topological polar surface area (TPSA) is 100 Å². The lowest BCUT2D eigenvalue weighted by molar-refractivity contribution is -0.133. The molecule has 0 unspecified atom stereocenters. The van der Waals surface area contributed by atoms with Gasteiger partial charge in [0, 0.05) is 33.0 Å². The van der Waals surface area contributed by atoms with Crippen LogP contribution in [0.4, 0.5) is 4.79 Å². The zero-order valence-electron chi connectivity index (χ0n) is 15.7. The Morgan fingerprint density at radius 1 is 1.22 bits per heavy atom. The van der Waals surface area contributed by atoms with Crippen molar-refractivity contribution in [3.63, 3.8) is 0 Å². The van der Waals surface area contributed by atoms with Gasteiger partial charge in [0.05, 0.1) is 6.54 Å². The van der Waals surface area contributed by atoms with Gasteiger partial charge in [0.2, 0.25) is 5.91 Å². The predicted octanol–water partition coefficient (Wildman–Crippen LogP) is 0.828. The van der Waals surface area contributed by atoms with Crippen LogP contribution in [0.25, 0.3) is 0 Å². The first-order valence-electron chi connectivity index (χ1n) is 9.79. The number of imide groups is 1. The number of aryl methyl sites for hydroxylation is 1. The number of amides is 4. The number of aromatic nitrogens is 3. The van der Waals surface area contributed by atoms with Crippen LogP contribution in [0.15, 0.2) is 0 Å². The molecule has 9 nitrogen and oxygen atoms in total. The van der Waals surface area contributed by atoms with Crippen molar-refractivity contribution >= 4 is 17.8 Å². The summed E-state index contributed by atoms with van der Waals surface area (Å²) in [6, 6.07) is -0.318. The van der Waals surface area contributed by atoms with Crippen molar-refractivity contribution in [2.24, 2.45) is 0 Å². The Kier molecular flexibility index (Phi) is 4.61. The van der Waals surface area contributed by atoms with E-state index in [1.807, 2.05) is 0 Å². The van der Waals surface area contributed by atoms with E-state index in [0.29, 0.717) is 19.4 Å². The smallest absolute Gasteiger partial charge is 0.325 e. The second-order valence-corrected chi connectivity index (χ2v) is 7.82. The summed E-state index contributed by atoms with van der Waals surface area (Å²) < 4.78 is 2.08. The van der Waals surface area contributed by atoms with Gasteiger partial charge in [0.25, 0.3) is 5.91 Å². The maximum Gasteiger partial charge on any atom is 0.325 e. The molecule has 0 atom stereocenters. The highest BCUT2D eigenvalue weighted by atomic mass is 16.2. The minimum Gasteiger partial charge on any atom is -0.338 e. The summed E-state index contributed by atoms with van der Waals surface area (Å²) in [5.74, 6) is 1.67. The Morgan fingerprint density at radius 3 is 2.78 bits per heavy atom. The first-order chi connectivity index (χ1) is 13.0. The minimum absolute atomic E-state index is 0.0204. The van der Waals surface area contributed by atoms with Crippen LogP contribution in [0, 0.1) is 0 Å². The van der Waals surface area contributed by atoms with E-state index in [4.69, 9.17) is 0 Å². The largest absolute Gasteiger partial charge is 0.338 e. The molecule has 1 spiro atoms. The molecule has 0 aromatic carbocycles. The van der Waals surface area contributed by atoms with Gasteiger partial charge in [-0.05, 0) is 25.7 Å². The van der Waals surface area contributed by atoms with Crippen molar-refractivity contribution in [3.8, 4) is 0 Å². The highest BCUT2D eigenvalue weighted by molar-refractivity contribution is 6.07. The quantitative estimate of drug-likeness (QED) is 0.743. The van der Waals surface area contributed by atoms with Crippen LogP contribution in [-0.2, 0) is 29.1 Å². The fourth-order valence-corrected chi connectivity index (χ4v) is 4.40. The van der Waals surface area contributed by atoms with Gasteiger partial charge in [-0.25, -0.2) is 4.79 Å². The molecule has 0 radical (unpaired) electrons. The van der Waals surface area contributed by atoms with E-state index in [0.717, 1.165) is 56.7 Å². The van der Waals surface area contributed by atoms with Crippen molar-refractivity contribution in [2.45, 2.75) is 70.0 Å². The fraction of sp³-hybridized carbons (Fsp3) is 0.722. The summed E-state index contributed by atoms with van der Waals surface area (Å²) >= 11 is 0. The van der Waals surface area contributed by atoms with Crippen LogP contribution in [0.5, 0.6) is 0 Å². The highest BCUT2D eigenvalue weighted by Crippen LogP contribution is 2.35.